The van der Waals surface area contributed by atoms with Gasteiger partial charge in [0.25, 0.3) is 0 Å². The predicted molar refractivity (Wildman–Crippen MR) is 79.2 cm³/mol. The molecule has 0 N–H and O–H groups in total. The van der Waals surface area contributed by atoms with Gasteiger partial charge in [-0.15, -0.1) is 0 Å². The van der Waals surface area contributed by atoms with Crippen LogP contribution in [0.15, 0.2) is 36.5 Å². The second kappa shape index (κ2) is 4.68. The van der Waals surface area contributed by atoms with Crippen LogP contribution < -0.4 is 5.59 Å². The molecule has 0 radical (unpaired) electrons. The third-order valence-electron chi connectivity index (χ3n) is 4.20. The van der Waals surface area contributed by atoms with E-state index in [0.29, 0.717) is 11.3 Å². The Balaban J connectivity index is 1.89. The summed E-state index contributed by atoms with van der Waals surface area (Å²) in [5.41, 5.74) is 0.205. The summed E-state index contributed by atoms with van der Waals surface area (Å²) in [6, 6.07) is 8.29. The minimum Gasteiger partial charge on any atom is -0.398 e. The molecule has 0 bridgehead atoms. The highest BCUT2D eigenvalue weighted by Crippen LogP contribution is 2.36. The zero-order chi connectivity index (χ0) is 15.3. The molecule has 110 valence electrons. The van der Waals surface area contributed by atoms with Crippen molar-refractivity contribution in [1.82, 2.24) is 9.78 Å². The Hall–Kier alpha value is -1.66. The zero-order valence-corrected chi connectivity index (χ0v) is 12.6. The molecular weight excluding hydrogens is 270 g/mol. The maximum absolute atomic E-state index is 13.8. The fourth-order valence-corrected chi connectivity index (χ4v) is 2.20. The fourth-order valence-electron chi connectivity index (χ4n) is 2.20. The minimum absolute atomic E-state index is 0.318. The first-order chi connectivity index (χ1) is 9.80. The van der Waals surface area contributed by atoms with Crippen LogP contribution in [0.1, 0.15) is 27.7 Å². The van der Waals surface area contributed by atoms with Crippen LogP contribution in [-0.2, 0) is 9.31 Å². The van der Waals surface area contributed by atoms with Crippen LogP contribution in [0.5, 0.6) is 0 Å². The van der Waals surface area contributed by atoms with E-state index in [0.717, 1.165) is 0 Å². The smallest absolute Gasteiger partial charge is 0.398 e. The number of halogens is 1. The van der Waals surface area contributed by atoms with E-state index in [1.807, 2.05) is 27.7 Å². The summed E-state index contributed by atoms with van der Waals surface area (Å²) in [7, 11) is -0.539. The minimum atomic E-state index is -0.539. The summed E-state index contributed by atoms with van der Waals surface area (Å²) in [6.45, 7) is 7.95. The molecule has 1 aromatic carbocycles. The van der Waals surface area contributed by atoms with Crippen molar-refractivity contribution in [3.05, 3.63) is 42.3 Å². The Morgan fingerprint density at radius 3 is 2.29 bits per heavy atom. The molecule has 21 heavy (non-hydrogen) atoms. The van der Waals surface area contributed by atoms with Crippen LogP contribution in [0.2, 0.25) is 0 Å². The molecule has 1 aromatic heterocycles. The topological polar surface area (TPSA) is 36.3 Å². The van der Waals surface area contributed by atoms with Gasteiger partial charge in [0.05, 0.1) is 16.8 Å². The summed E-state index contributed by atoms with van der Waals surface area (Å²) in [5, 5.41) is 4.38. The molecule has 1 aliphatic heterocycles. The number of benzene rings is 1. The lowest BCUT2D eigenvalue weighted by atomic mass is 9.85. The van der Waals surface area contributed by atoms with Gasteiger partial charge >= 0.3 is 7.12 Å². The Morgan fingerprint density at radius 1 is 1.05 bits per heavy atom. The van der Waals surface area contributed by atoms with Crippen molar-refractivity contribution in [2.75, 3.05) is 0 Å². The Labute approximate surface area is 124 Å². The largest absolute Gasteiger partial charge is 0.516 e. The molecule has 0 spiro atoms. The molecule has 1 aliphatic rings. The van der Waals surface area contributed by atoms with Crippen LogP contribution in [0, 0.1) is 5.82 Å². The number of hydrogen-bond donors (Lipinski definition) is 0. The summed E-state index contributed by atoms with van der Waals surface area (Å²) in [6.07, 6.45) is 1.71. The van der Waals surface area contributed by atoms with Gasteiger partial charge in [-0.05, 0) is 45.9 Å². The number of nitrogens with zero attached hydrogens (tertiary/aromatic N) is 2. The molecule has 4 nitrogen and oxygen atoms in total. The molecular formula is C15H18BFN2O2. The molecule has 1 fully saturated rings. The average Bonchev–Trinajstić information content (AvgIpc) is 2.94. The van der Waals surface area contributed by atoms with Crippen LogP contribution in [-0.4, -0.2) is 28.1 Å². The SMILES string of the molecule is CC1(C)OB(c2ccn(-c3ccccc3F)n2)OC1(C)C. The molecule has 3 rings (SSSR count). The maximum atomic E-state index is 13.8. The van der Waals surface area contributed by atoms with Crippen molar-refractivity contribution in [2.45, 2.75) is 38.9 Å². The van der Waals surface area contributed by atoms with Crippen molar-refractivity contribution >= 4 is 12.7 Å². The predicted octanol–water partition coefficient (Wildman–Crippen LogP) is 2.31. The molecule has 2 aromatic rings. The molecule has 6 heteroatoms. The van der Waals surface area contributed by atoms with Crippen molar-refractivity contribution < 1.29 is 13.7 Å². The third kappa shape index (κ3) is 2.38. The molecule has 2 heterocycles. The lowest BCUT2D eigenvalue weighted by Gasteiger charge is -2.32. The highest BCUT2D eigenvalue weighted by molar-refractivity contribution is 6.61. The van der Waals surface area contributed by atoms with E-state index in [2.05, 4.69) is 5.10 Å². The number of para-hydroxylation sites is 1. The molecule has 0 atom stereocenters. The van der Waals surface area contributed by atoms with E-state index < -0.39 is 18.3 Å². The van der Waals surface area contributed by atoms with E-state index in [1.54, 1.807) is 30.5 Å². The number of hydrogen-bond acceptors (Lipinski definition) is 3. The Kier molecular flexibility index (Phi) is 3.18. The standard InChI is InChI=1S/C15H18BFN2O2/c1-14(2)15(3,4)21-16(20-14)13-9-10-19(18-13)12-8-6-5-7-11(12)17/h5-10H,1-4H3. The third-order valence-corrected chi connectivity index (χ3v) is 4.20. The lowest BCUT2D eigenvalue weighted by Crippen LogP contribution is -2.41. The van der Waals surface area contributed by atoms with E-state index in [1.165, 1.54) is 10.7 Å². The van der Waals surface area contributed by atoms with Gasteiger partial charge < -0.3 is 9.31 Å². The van der Waals surface area contributed by atoms with E-state index in [4.69, 9.17) is 9.31 Å². The van der Waals surface area contributed by atoms with Crippen LogP contribution in [0.3, 0.4) is 0 Å². The number of aromatic nitrogens is 2. The Morgan fingerprint density at radius 2 is 1.67 bits per heavy atom. The van der Waals surface area contributed by atoms with Crippen LogP contribution in [0.25, 0.3) is 5.69 Å². The van der Waals surface area contributed by atoms with Crippen molar-refractivity contribution in [2.24, 2.45) is 0 Å². The summed E-state index contributed by atoms with van der Waals surface area (Å²) < 4.78 is 27.2. The van der Waals surface area contributed by atoms with Gasteiger partial charge in [-0.2, -0.15) is 5.10 Å². The van der Waals surface area contributed by atoms with Gasteiger partial charge in [0.15, 0.2) is 0 Å². The first-order valence-corrected chi connectivity index (χ1v) is 6.96. The van der Waals surface area contributed by atoms with Gasteiger partial charge in [-0.25, -0.2) is 9.07 Å². The lowest BCUT2D eigenvalue weighted by molar-refractivity contribution is 0.00578. The van der Waals surface area contributed by atoms with Gasteiger partial charge in [0, 0.05) is 6.20 Å². The van der Waals surface area contributed by atoms with Crippen molar-refractivity contribution in [1.29, 1.82) is 0 Å². The monoisotopic (exact) mass is 288 g/mol. The molecule has 1 saturated heterocycles. The second-order valence-electron chi connectivity index (χ2n) is 6.22. The maximum Gasteiger partial charge on any atom is 0.516 e. The van der Waals surface area contributed by atoms with E-state index in [9.17, 15) is 4.39 Å². The summed E-state index contributed by atoms with van der Waals surface area (Å²) in [5.74, 6) is -0.318. The fraction of sp³-hybridized carbons (Fsp3) is 0.400. The summed E-state index contributed by atoms with van der Waals surface area (Å²) >= 11 is 0. The highest BCUT2D eigenvalue weighted by Gasteiger charge is 2.52. The zero-order valence-electron chi connectivity index (χ0n) is 12.6. The van der Waals surface area contributed by atoms with E-state index >= 15 is 0 Å². The first kappa shape index (κ1) is 14.3. The molecule has 0 aliphatic carbocycles. The van der Waals surface area contributed by atoms with Crippen LogP contribution in [0.4, 0.5) is 4.39 Å². The first-order valence-electron chi connectivity index (χ1n) is 6.96. The summed E-state index contributed by atoms with van der Waals surface area (Å²) in [4.78, 5) is 0. The normalized spacial score (nSPS) is 20.0. The van der Waals surface area contributed by atoms with Crippen molar-refractivity contribution in [3.63, 3.8) is 0 Å². The average molecular weight is 288 g/mol. The Bertz CT molecular complexity index is 653. The van der Waals surface area contributed by atoms with Crippen LogP contribution >= 0.6 is 0 Å². The van der Waals surface area contributed by atoms with Gasteiger partial charge in [-0.3, -0.25) is 0 Å². The quantitative estimate of drug-likeness (QED) is 0.796. The molecule has 0 unspecified atom stereocenters. The van der Waals surface area contributed by atoms with Crippen molar-refractivity contribution in [3.8, 4) is 5.69 Å². The molecule has 0 saturated carbocycles. The van der Waals surface area contributed by atoms with Gasteiger partial charge in [-0.1, -0.05) is 12.1 Å². The molecule has 0 amide bonds. The highest BCUT2D eigenvalue weighted by atomic mass is 19.1. The second-order valence-corrected chi connectivity index (χ2v) is 6.22. The van der Waals surface area contributed by atoms with Gasteiger partial charge in [0.2, 0.25) is 0 Å². The number of rotatable bonds is 2. The van der Waals surface area contributed by atoms with Gasteiger partial charge in [0.1, 0.15) is 11.5 Å². The van der Waals surface area contributed by atoms with E-state index in [-0.39, 0.29) is 5.82 Å².